The van der Waals surface area contributed by atoms with Gasteiger partial charge in [0.05, 0.1) is 7.11 Å². The van der Waals surface area contributed by atoms with Gasteiger partial charge in [-0.1, -0.05) is 0 Å². The number of aliphatic hydroxyl groups excluding tert-OH is 1. The lowest BCUT2D eigenvalue weighted by Gasteiger charge is -2.18. The summed E-state index contributed by atoms with van der Waals surface area (Å²) < 4.78 is 5.09. The highest BCUT2D eigenvalue weighted by atomic mass is 16.5. The van der Waals surface area contributed by atoms with Crippen molar-refractivity contribution in [1.82, 2.24) is 9.88 Å². The van der Waals surface area contributed by atoms with E-state index in [9.17, 15) is 4.79 Å². The van der Waals surface area contributed by atoms with Crippen LogP contribution in [0.5, 0.6) is 5.88 Å². The number of pyridine rings is 1. The van der Waals surface area contributed by atoms with Crippen LogP contribution in [0.1, 0.15) is 12.8 Å². The zero-order valence-corrected chi connectivity index (χ0v) is 11.0. The maximum Gasteiger partial charge on any atom is 0.322 e. The second-order valence-electron chi connectivity index (χ2n) is 4.60. The number of carbonyl (C=O) groups excluding carboxylic acids is 1. The molecule has 1 aliphatic rings. The summed E-state index contributed by atoms with van der Waals surface area (Å²) in [5, 5.41) is 11.7. The van der Waals surface area contributed by atoms with Gasteiger partial charge in [0.2, 0.25) is 5.88 Å². The fourth-order valence-electron chi connectivity index (χ4n) is 2.28. The molecule has 0 saturated carbocycles. The van der Waals surface area contributed by atoms with Crippen molar-refractivity contribution in [1.29, 1.82) is 0 Å². The molecule has 1 atom stereocenters. The molecule has 0 spiro atoms. The number of hydrogen-bond acceptors (Lipinski definition) is 4. The molecule has 19 heavy (non-hydrogen) atoms. The van der Waals surface area contributed by atoms with E-state index in [1.165, 1.54) is 7.11 Å². The Morgan fingerprint density at radius 1 is 1.68 bits per heavy atom. The van der Waals surface area contributed by atoms with E-state index in [4.69, 9.17) is 9.84 Å². The van der Waals surface area contributed by atoms with Gasteiger partial charge in [-0.2, -0.15) is 0 Å². The van der Waals surface area contributed by atoms with Crippen molar-refractivity contribution in [2.24, 2.45) is 5.92 Å². The lowest BCUT2D eigenvalue weighted by Crippen LogP contribution is -2.33. The minimum atomic E-state index is -0.147. The van der Waals surface area contributed by atoms with Crippen LogP contribution in [-0.2, 0) is 0 Å². The first-order chi connectivity index (χ1) is 9.24. The van der Waals surface area contributed by atoms with Crippen LogP contribution in [0.25, 0.3) is 0 Å². The van der Waals surface area contributed by atoms with Crippen LogP contribution in [-0.4, -0.2) is 47.8 Å². The Morgan fingerprint density at radius 3 is 3.26 bits per heavy atom. The van der Waals surface area contributed by atoms with E-state index in [1.54, 1.807) is 23.2 Å². The van der Waals surface area contributed by atoms with E-state index in [2.05, 4.69) is 10.3 Å². The monoisotopic (exact) mass is 265 g/mol. The first-order valence-corrected chi connectivity index (χ1v) is 6.40. The van der Waals surface area contributed by atoms with Gasteiger partial charge >= 0.3 is 6.03 Å². The average Bonchev–Trinajstić information content (AvgIpc) is 2.88. The highest BCUT2D eigenvalue weighted by Gasteiger charge is 2.26. The Kier molecular flexibility index (Phi) is 4.57. The van der Waals surface area contributed by atoms with Gasteiger partial charge in [0.25, 0.3) is 0 Å². The normalized spacial score (nSPS) is 18.4. The maximum atomic E-state index is 12.1. The van der Waals surface area contributed by atoms with E-state index in [-0.39, 0.29) is 12.6 Å². The van der Waals surface area contributed by atoms with Crippen molar-refractivity contribution in [3.05, 3.63) is 18.3 Å². The van der Waals surface area contributed by atoms with Crippen molar-refractivity contribution in [3.63, 3.8) is 0 Å². The lowest BCUT2D eigenvalue weighted by atomic mass is 10.1. The number of anilines is 1. The molecule has 2 N–H and O–H groups in total. The van der Waals surface area contributed by atoms with Crippen LogP contribution in [0.4, 0.5) is 10.5 Å². The van der Waals surface area contributed by atoms with Gasteiger partial charge in [0, 0.05) is 25.9 Å². The van der Waals surface area contributed by atoms with Crippen molar-refractivity contribution < 1.29 is 14.6 Å². The van der Waals surface area contributed by atoms with E-state index in [0.717, 1.165) is 19.4 Å². The van der Waals surface area contributed by atoms with Crippen LogP contribution in [0.15, 0.2) is 18.3 Å². The van der Waals surface area contributed by atoms with Crippen LogP contribution in [0.2, 0.25) is 0 Å². The SMILES string of the molecule is COc1ncccc1NC(=O)N1CC[C@H](CCO)C1. The van der Waals surface area contributed by atoms with Gasteiger partial charge in [-0.15, -0.1) is 0 Å². The van der Waals surface area contributed by atoms with E-state index < -0.39 is 0 Å². The molecule has 1 aliphatic heterocycles. The number of methoxy groups -OCH3 is 1. The molecule has 0 aromatic carbocycles. The molecule has 0 bridgehead atoms. The first-order valence-electron chi connectivity index (χ1n) is 6.40. The number of nitrogens with one attached hydrogen (secondary N) is 1. The predicted octanol–water partition coefficient (Wildman–Crippen LogP) is 1.33. The number of amides is 2. The zero-order chi connectivity index (χ0) is 13.7. The third-order valence-electron chi connectivity index (χ3n) is 3.32. The molecule has 6 heteroatoms. The largest absolute Gasteiger partial charge is 0.480 e. The molecule has 2 rings (SSSR count). The summed E-state index contributed by atoms with van der Waals surface area (Å²) in [4.78, 5) is 17.9. The number of aliphatic hydroxyl groups is 1. The summed E-state index contributed by atoms with van der Waals surface area (Å²) in [6.07, 6.45) is 3.31. The quantitative estimate of drug-likeness (QED) is 0.861. The average molecular weight is 265 g/mol. The van der Waals surface area contributed by atoms with Gasteiger partial charge in [-0.25, -0.2) is 9.78 Å². The fourth-order valence-corrected chi connectivity index (χ4v) is 2.28. The Morgan fingerprint density at radius 2 is 2.53 bits per heavy atom. The summed E-state index contributed by atoms with van der Waals surface area (Å²) >= 11 is 0. The number of ether oxygens (including phenoxy) is 1. The van der Waals surface area contributed by atoms with Crippen molar-refractivity contribution >= 4 is 11.7 Å². The third kappa shape index (κ3) is 3.35. The lowest BCUT2D eigenvalue weighted by molar-refractivity contribution is 0.217. The highest BCUT2D eigenvalue weighted by molar-refractivity contribution is 5.90. The van der Waals surface area contributed by atoms with E-state index >= 15 is 0 Å². The molecule has 2 amide bonds. The summed E-state index contributed by atoms with van der Waals surface area (Å²) in [7, 11) is 1.52. The minimum absolute atomic E-state index is 0.147. The summed E-state index contributed by atoms with van der Waals surface area (Å²) in [5.74, 6) is 0.800. The third-order valence-corrected chi connectivity index (χ3v) is 3.32. The van der Waals surface area contributed by atoms with Crippen LogP contribution < -0.4 is 10.1 Å². The van der Waals surface area contributed by atoms with Crippen LogP contribution in [0.3, 0.4) is 0 Å². The van der Waals surface area contributed by atoms with Gasteiger partial charge < -0.3 is 20.1 Å². The second-order valence-corrected chi connectivity index (χ2v) is 4.60. The zero-order valence-electron chi connectivity index (χ0n) is 11.0. The molecule has 104 valence electrons. The number of hydrogen-bond donors (Lipinski definition) is 2. The van der Waals surface area contributed by atoms with Gasteiger partial charge in [-0.3, -0.25) is 0 Å². The van der Waals surface area contributed by atoms with Gasteiger partial charge in [0.15, 0.2) is 0 Å². The van der Waals surface area contributed by atoms with Crippen LogP contribution >= 0.6 is 0 Å². The smallest absolute Gasteiger partial charge is 0.322 e. The topological polar surface area (TPSA) is 74.7 Å². The fraction of sp³-hybridized carbons (Fsp3) is 0.538. The van der Waals surface area contributed by atoms with Gasteiger partial charge in [-0.05, 0) is 30.9 Å². The molecule has 0 aliphatic carbocycles. The van der Waals surface area contributed by atoms with Gasteiger partial charge in [0.1, 0.15) is 5.69 Å². The molecular formula is C13H19N3O3. The summed E-state index contributed by atoms with van der Waals surface area (Å²) in [6.45, 7) is 1.59. The Balaban J connectivity index is 1.94. The molecule has 0 radical (unpaired) electrons. The number of urea groups is 1. The first kappa shape index (κ1) is 13.6. The Labute approximate surface area is 112 Å². The molecule has 1 fully saturated rings. The molecule has 0 unspecified atom stereocenters. The number of aromatic nitrogens is 1. The van der Waals surface area contributed by atoms with E-state index in [0.29, 0.717) is 24.0 Å². The molecule has 2 heterocycles. The standard InChI is InChI=1S/C13H19N3O3/c1-19-12-11(3-2-6-14-12)15-13(18)16-7-4-10(9-16)5-8-17/h2-3,6,10,17H,4-5,7-9H2,1H3,(H,15,18)/t10-/m1/s1. The molecule has 1 saturated heterocycles. The number of nitrogens with zero attached hydrogens (tertiary/aromatic N) is 2. The molecule has 6 nitrogen and oxygen atoms in total. The van der Waals surface area contributed by atoms with Crippen molar-refractivity contribution in [2.45, 2.75) is 12.8 Å². The minimum Gasteiger partial charge on any atom is -0.480 e. The molecular weight excluding hydrogens is 246 g/mol. The molecule has 1 aromatic rings. The van der Waals surface area contributed by atoms with Crippen LogP contribution in [0, 0.1) is 5.92 Å². The highest BCUT2D eigenvalue weighted by Crippen LogP contribution is 2.23. The summed E-state index contributed by atoms with van der Waals surface area (Å²) in [5.41, 5.74) is 0.570. The van der Waals surface area contributed by atoms with Crippen molar-refractivity contribution in [2.75, 3.05) is 32.1 Å². The van der Waals surface area contributed by atoms with Crippen molar-refractivity contribution in [3.8, 4) is 5.88 Å². The van der Waals surface area contributed by atoms with E-state index in [1.807, 2.05) is 0 Å². The maximum absolute atomic E-state index is 12.1. The summed E-state index contributed by atoms with van der Waals surface area (Å²) in [6, 6.07) is 3.36. The number of carbonyl (C=O) groups is 1. The number of likely N-dealkylation sites (tertiary alicyclic amines) is 1. The Hall–Kier alpha value is -1.82. The molecule has 1 aromatic heterocycles. The Bertz CT molecular complexity index is 439. The predicted molar refractivity (Wildman–Crippen MR) is 71.2 cm³/mol. The number of rotatable bonds is 4. The second kappa shape index (κ2) is 6.38.